The molecule has 0 aromatic carbocycles. The van der Waals surface area contributed by atoms with Gasteiger partial charge in [-0.2, -0.15) is 0 Å². The molecule has 3 aliphatic rings. The lowest BCUT2D eigenvalue weighted by molar-refractivity contribution is 0.298. The fourth-order valence-electron chi connectivity index (χ4n) is 3.02. The normalized spacial score (nSPS) is 54.5. The van der Waals surface area contributed by atoms with Crippen molar-refractivity contribution in [2.75, 3.05) is 13.1 Å². The molecular formula is C9H16N2. The van der Waals surface area contributed by atoms with E-state index >= 15 is 0 Å². The van der Waals surface area contributed by atoms with Gasteiger partial charge in [0, 0.05) is 13.1 Å². The first-order valence-electron chi connectivity index (χ1n) is 4.99. The molecule has 0 saturated carbocycles. The zero-order valence-corrected chi connectivity index (χ0v) is 7.05. The van der Waals surface area contributed by atoms with Crippen LogP contribution in [-0.2, 0) is 0 Å². The topological polar surface area (TPSA) is 6.02 Å². The van der Waals surface area contributed by atoms with Crippen LogP contribution in [0.2, 0.25) is 0 Å². The summed E-state index contributed by atoms with van der Waals surface area (Å²) < 4.78 is 0. The highest BCUT2D eigenvalue weighted by molar-refractivity contribution is 5.05. The Bertz CT molecular complexity index is 158. The molecule has 3 saturated heterocycles. The molecule has 3 heterocycles. The molecule has 0 radical (unpaired) electrons. The molecule has 0 amide bonds. The van der Waals surface area contributed by atoms with Gasteiger partial charge in [0.1, 0.15) is 5.66 Å². The van der Waals surface area contributed by atoms with Gasteiger partial charge in [0.05, 0.1) is 0 Å². The lowest BCUT2D eigenvalue weighted by atomic mass is 9.94. The van der Waals surface area contributed by atoms with E-state index in [0.717, 1.165) is 0 Å². The minimum atomic E-state index is 0.608. The minimum absolute atomic E-state index is 0.608. The highest BCUT2D eigenvalue weighted by Crippen LogP contribution is 2.52. The Labute approximate surface area is 68.1 Å². The minimum Gasteiger partial charge on any atom is -0.219 e. The number of nitrogens with zero attached hydrogens (tertiary/aromatic N) is 2. The fourth-order valence-corrected chi connectivity index (χ4v) is 3.02. The maximum Gasteiger partial charge on any atom is 0.100 e. The van der Waals surface area contributed by atoms with E-state index in [1.54, 1.807) is 0 Å². The van der Waals surface area contributed by atoms with Crippen molar-refractivity contribution in [2.24, 2.45) is 0 Å². The Morgan fingerprint density at radius 3 is 1.82 bits per heavy atom. The average Bonchev–Trinajstić information content (AvgIpc) is 2.73. The molecule has 0 aromatic rings. The highest BCUT2D eigenvalue weighted by Gasteiger charge is 2.61. The van der Waals surface area contributed by atoms with Crippen LogP contribution in [0.25, 0.3) is 0 Å². The van der Waals surface area contributed by atoms with Gasteiger partial charge in [-0.15, -0.1) is 0 Å². The third kappa shape index (κ3) is 0.695. The number of rotatable bonds is 0. The molecular weight excluding hydrogens is 136 g/mol. The summed E-state index contributed by atoms with van der Waals surface area (Å²) in [5.41, 5.74) is 0.608. The number of hydrogen-bond acceptors (Lipinski definition) is 2. The van der Waals surface area contributed by atoms with E-state index in [1.165, 1.54) is 51.6 Å². The summed E-state index contributed by atoms with van der Waals surface area (Å²) in [6, 6.07) is 0. The van der Waals surface area contributed by atoms with Crippen LogP contribution in [0, 0.1) is 0 Å². The van der Waals surface area contributed by atoms with E-state index < -0.39 is 0 Å². The van der Waals surface area contributed by atoms with Gasteiger partial charge < -0.3 is 0 Å². The summed E-state index contributed by atoms with van der Waals surface area (Å²) >= 11 is 0. The molecule has 3 rings (SSSR count). The first-order chi connectivity index (χ1) is 5.43. The van der Waals surface area contributed by atoms with Crippen molar-refractivity contribution in [2.45, 2.75) is 44.2 Å². The van der Waals surface area contributed by atoms with Gasteiger partial charge in [0.25, 0.3) is 0 Å². The molecule has 2 atom stereocenters. The van der Waals surface area contributed by atoms with Gasteiger partial charge in [-0.3, -0.25) is 0 Å². The van der Waals surface area contributed by atoms with Gasteiger partial charge in [-0.1, -0.05) is 0 Å². The third-order valence-electron chi connectivity index (χ3n) is 3.61. The second-order valence-electron chi connectivity index (χ2n) is 4.14. The molecule has 3 fully saturated rings. The molecule has 11 heavy (non-hydrogen) atoms. The van der Waals surface area contributed by atoms with Crippen molar-refractivity contribution in [1.29, 1.82) is 0 Å². The second kappa shape index (κ2) is 1.99. The fraction of sp³-hybridized carbons (Fsp3) is 1.00. The van der Waals surface area contributed by atoms with E-state index in [2.05, 4.69) is 10.0 Å². The van der Waals surface area contributed by atoms with Gasteiger partial charge in [-0.05, 0) is 38.5 Å². The van der Waals surface area contributed by atoms with Crippen molar-refractivity contribution < 1.29 is 0 Å². The Balaban J connectivity index is 1.83. The molecule has 62 valence electrons. The second-order valence-corrected chi connectivity index (χ2v) is 4.14. The van der Waals surface area contributed by atoms with Crippen molar-refractivity contribution in [3.8, 4) is 0 Å². The van der Waals surface area contributed by atoms with Crippen molar-refractivity contribution in [3.63, 3.8) is 0 Å². The standard InChI is InChI=1S/C9H16N2/c1-3-7-10-9(5-1)6-2-4-8-11(9)10/h1-8H2. The van der Waals surface area contributed by atoms with Gasteiger partial charge in [0.2, 0.25) is 0 Å². The summed E-state index contributed by atoms with van der Waals surface area (Å²) in [4.78, 5) is 0. The lowest BCUT2D eigenvalue weighted by Gasteiger charge is -2.21. The van der Waals surface area contributed by atoms with Gasteiger partial charge >= 0.3 is 0 Å². The molecule has 0 bridgehead atoms. The Morgan fingerprint density at radius 1 is 0.727 bits per heavy atom. The van der Waals surface area contributed by atoms with E-state index in [0.29, 0.717) is 5.66 Å². The molecule has 2 nitrogen and oxygen atoms in total. The zero-order valence-electron chi connectivity index (χ0n) is 7.05. The maximum absolute atomic E-state index is 2.63. The Morgan fingerprint density at radius 2 is 1.27 bits per heavy atom. The van der Waals surface area contributed by atoms with E-state index in [4.69, 9.17) is 0 Å². The van der Waals surface area contributed by atoms with Crippen LogP contribution in [0.5, 0.6) is 0 Å². The summed E-state index contributed by atoms with van der Waals surface area (Å²) in [5, 5.41) is 5.26. The van der Waals surface area contributed by atoms with Crippen LogP contribution in [0.1, 0.15) is 38.5 Å². The van der Waals surface area contributed by atoms with Crippen LogP contribution >= 0.6 is 0 Å². The molecule has 3 aliphatic heterocycles. The SMILES string of the molecule is C1CCC23CCCCN2N3C1. The Hall–Kier alpha value is -0.0800. The predicted molar refractivity (Wildman–Crippen MR) is 43.8 cm³/mol. The van der Waals surface area contributed by atoms with E-state index in [9.17, 15) is 0 Å². The molecule has 0 aromatic heterocycles. The molecule has 1 spiro atoms. The number of hydrogen-bond donors (Lipinski definition) is 0. The smallest absolute Gasteiger partial charge is 0.100 e. The predicted octanol–water partition coefficient (Wildman–Crippen LogP) is 1.58. The lowest BCUT2D eigenvalue weighted by Crippen LogP contribution is -2.26. The molecule has 0 N–H and O–H groups in total. The van der Waals surface area contributed by atoms with E-state index in [-0.39, 0.29) is 0 Å². The van der Waals surface area contributed by atoms with Crippen LogP contribution in [-0.4, -0.2) is 28.8 Å². The van der Waals surface area contributed by atoms with Gasteiger partial charge in [-0.25, -0.2) is 10.0 Å². The number of hydrazine groups is 1. The summed E-state index contributed by atoms with van der Waals surface area (Å²) in [6.07, 6.45) is 8.69. The first kappa shape index (κ1) is 6.44. The quantitative estimate of drug-likeness (QED) is 0.486. The van der Waals surface area contributed by atoms with Crippen LogP contribution < -0.4 is 0 Å². The first-order valence-corrected chi connectivity index (χ1v) is 4.99. The maximum atomic E-state index is 2.63. The van der Waals surface area contributed by atoms with Crippen LogP contribution in [0.3, 0.4) is 0 Å². The summed E-state index contributed by atoms with van der Waals surface area (Å²) in [6.45, 7) is 2.69. The van der Waals surface area contributed by atoms with Crippen molar-refractivity contribution >= 4 is 0 Å². The van der Waals surface area contributed by atoms with Crippen molar-refractivity contribution in [1.82, 2.24) is 10.0 Å². The van der Waals surface area contributed by atoms with Crippen molar-refractivity contribution in [3.05, 3.63) is 0 Å². The molecule has 2 unspecified atom stereocenters. The highest BCUT2D eigenvalue weighted by atomic mass is 15.9. The summed E-state index contributed by atoms with van der Waals surface area (Å²) in [5.74, 6) is 0. The monoisotopic (exact) mass is 152 g/mol. The molecule has 0 aliphatic carbocycles. The summed E-state index contributed by atoms with van der Waals surface area (Å²) in [7, 11) is 0. The number of fused-ring (bicyclic) bond motifs is 1. The third-order valence-corrected chi connectivity index (χ3v) is 3.61. The van der Waals surface area contributed by atoms with Gasteiger partial charge in [0.15, 0.2) is 0 Å². The Kier molecular flexibility index (Phi) is 1.16. The number of piperidine rings is 2. The largest absolute Gasteiger partial charge is 0.219 e. The molecule has 2 heteroatoms. The van der Waals surface area contributed by atoms with Crippen LogP contribution in [0.4, 0.5) is 0 Å². The van der Waals surface area contributed by atoms with Crippen LogP contribution in [0.15, 0.2) is 0 Å². The zero-order chi connectivity index (χ0) is 7.31. The van der Waals surface area contributed by atoms with E-state index in [1.807, 2.05) is 0 Å². The average molecular weight is 152 g/mol.